The van der Waals surface area contributed by atoms with Crippen molar-refractivity contribution in [3.05, 3.63) is 53.7 Å². The normalized spacial score (nSPS) is 20.5. The van der Waals surface area contributed by atoms with E-state index in [1.165, 1.54) is 5.56 Å². The van der Waals surface area contributed by atoms with Gasteiger partial charge in [-0.05, 0) is 24.4 Å². The molecule has 176 valence electrons. The molecule has 0 radical (unpaired) electrons. The second kappa shape index (κ2) is 11.0. The number of hydrogen-bond donors (Lipinski definition) is 5. The summed E-state index contributed by atoms with van der Waals surface area (Å²) in [5, 5.41) is 35.4. The highest BCUT2D eigenvalue weighted by molar-refractivity contribution is 5.85. The summed E-state index contributed by atoms with van der Waals surface area (Å²) in [7, 11) is 0. The lowest BCUT2D eigenvalue weighted by molar-refractivity contribution is -0.0820. The van der Waals surface area contributed by atoms with Crippen LogP contribution in [0.25, 0.3) is 5.65 Å². The molecule has 4 rings (SSSR count). The minimum atomic E-state index is -1.18. The van der Waals surface area contributed by atoms with Crippen LogP contribution in [0, 0.1) is 0 Å². The third-order valence-corrected chi connectivity index (χ3v) is 5.71. The van der Waals surface area contributed by atoms with E-state index in [4.69, 9.17) is 4.98 Å². The molecule has 0 saturated carbocycles. The van der Waals surface area contributed by atoms with Crippen LogP contribution in [0.2, 0.25) is 0 Å². The van der Waals surface area contributed by atoms with Crippen molar-refractivity contribution >= 4 is 29.7 Å². The predicted molar refractivity (Wildman–Crippen MR) is 132 cm³/mol. The van der Waals surface area contributed by atoms with Gasteiger partial charge in [0.05, 0.1) is 12.3 Å². The van der Waals surface area contributed by atoms with Crippen molar-refractivity contribution in [2.45, 2.75) is 51.9 Å². The van der Waals surface area contributed by atoms with Crippen LogP contribution in [0.4, 0.5) is 11.6 Å². The van der Waals surface area contributed by atoms with E-state index in [1.54, 1.807) is 0 Å². The number of piperidine rings is 1. The average Bonchev–Trinajstić information content (AvgIpc) is 3.18. The zero-order valence-electron chi connectivity index (χ0n) is 17.9. The zero-order chi connectivity index (χ0) is 21.1. The summed E-state index contributed by atoms with van der Waals surface area (Å²) in [6.07, 6.45) is 1.51. The maximum atomic E-state index is 10.8. The van der Waals surface area contributed by atoms with Crippen molar-refractivity contribution in [1.29, 1.82) is 0 Å². The molecule has 0 bridgehead atoms. The van der Waals surface area contributed by atoms with E-state index < -0.39 is 11.7 Å². The van der Waals surface area contributed by atoms with E-state index in [2.05, 4.69) is 47.0 Å². The molecule has 1 aromatic carbocycles. The van der Waals surface area contributed by atoms with Crippen LogP contribution in [-0.2, 0) is 6.54 Å². The van der Waals surface area contributed by atoms with E-state index in [9.17, 15) is 10.2 Å². The number of aromatic nitrogens is 3. The van der Waals surface area contributed by atoms with E-state index in [1.807, 2.05) is 35.0 Å². The molecule has 1 aliphatic heterocycles. The van der Waals surface area contributed by atoms with Crippen molar-refractivity contribution in [3.8, 4) is 0 Å². The van der Waals surface area contributed by atoms with Gasteiger partial charge in [0.2, 0.25) is 0 Å². The summed E-state index contributed by atoms with van der Waals surface area (Å²) in [5.74, 6) is 1.73. The Bertz CT molecular complexity index is 997. The molecular weight excluding hydrogens is 428 g/mol. The molecule has 32 heavy (non-hydrogen) atoms. The zero-order valence-corrected chi connectivity index (χ0v) is 18.7. The maximum absolute atomic E-state index is 10.8. The van der Waals surface area contributed by atoms with E-state index in [-0.39, 0.29) is 32.3 Å². The number of nitrogens with one attached hydrogen (secondary N) is 3. The van der Waals surface area contributed by atoms with Crippen molar-refractivity contribution in [2.24, 2.45) is 0 Å². The predicted octanol–water partition coefficient (Wildman–Crippen LogP) is 3.02. The van der Waals surface area contributed by atoms with Gasteiger partial charge >= 0.3 is 0 Å². The molecule has 0 spiro atoms. The second-order valence-corrected chi connectivity index (χ2v) is 8.28. The van der Waals surface area contributed by atoms with Crippen LogP contribution in [0.3, 0.4) is 0 Å². The number of halogens is 1. The summed E-state index contributed by atoms with van der Waals surface area (Å²) in [6.45, 7) is 6.17. The Morgan fingerprint density at radius 1 is 1.25 bits per heavy atom. The van der Waals surface area contributed by atoms with Crippen molar-refractivity contribution in [1.82, 2.24) is 19.9 Å². The van der Waals surface area contributed by atoms with Gasteiger partial charge < -0.3 is 26.2 Å². The fourth-order valence-electron chi connectivity index (χ4n) is 3.74. The molecule has 8 nitrogen and oxygen atoms in total. The molecule has 1 fully saturated rings. The Kier molecular flexibility index (Phi) is 8.86. The number of β-amino-alcohol motifs (C(OH)–C–C–N with tert-alkyl or cyclic N) is 1. The number of anilines is 2. The highest BCUT2D eigenvalue weighted by atomic mass is 35.5. The lowest BCUT2D eigenvalue weighted by Gasteiger charge is -2.37. The third kappa shape index (κ3) is 5.50. The smallest absolute Gasteiger partial charge is 0.163 e. The largest absolute Gasteiger partial charge is 0.389 e. The number of nitrogens with zero attached hydrogens (tertiary/aromatic N) is 3. The van der Waals surface area contributed by atoms with Crippen LogP contribution in [0.5, 0.6) is 0 Å². The number of benzene rings is 1. The minimum Gasteiger partial charge on any atom is -0.389 e. The fraction of sp³-hybridized carbons (Fsp3) is 0.478. The molecule has 0 amide bonds. The minimum absolute atomic E-state index is 0. The number of rotatable bonds is 7. The van der Waals surface area contributed by atoms with Gasteiger partial charge in [-0.25, -0.2) is 4.98 Å². The first-order chi connectivity index (χ1) is 14.5. The van der Waals surface area contributed by atoms with Gasteiger partial charge in [0.15, 0.2) is 5.65 Å². The van der Waals surface area contributed by atoms with Crippen LogP contribution < -0.4 is 16.0 Å². The molecule has 2 atom stereocenters. The van der Waals surface area contributed by atoms with Crippen LogP contribution in [0.1, 0.15) is 44.7 Å². The van der Waals surface area contributed by atoms with Crippen LogP contribution in [-0.4, -0.2) is 56.2 Å². The standard InChI is InChI=1S/C22H30N6O2.CH4.ClH/c1-15(2)17-12-26-28-20(24-11-16-6-4-3-5-7-16)10-19(27-21(17)28)25-14-22(30)8-9-23-13-18(22)29;;/h3-7,10,12,15,18,23-24,29-30H,8-9,11,13-14H2,1-2H3,(H,25,27);1H4;1H/t18-,22-;;/m1../s1. The van der Waals surface area contributed by atoms with E-state index in [0.717, 1.165) is 17.0 Å². The van der Waals surface area contributed by atoms with E-state index >= 15 is 0 Å². The maximum Gasteiger partial charge on any atom is 0.163 e. The van der Waals surface area contributed by atoms with Gasteiger partial charge in [0.25, 0.3) is 0 Å². The Labute approximate surface area is 195 Å². The molecule has 3 heterocycles. The molecule has 1 aliphatic rings. The number of aliphatic hydroxyl groups excluding tert-OH is 1. The number of hydrogen-bond acceptors (Lipinski definition) is 7. The van der Waals surface area contributed by atoms with Crippen LogP contribution >= 0.6 is 12.4 Å². The molecular formula is C23H35ClN6O2. The quantitative estimate of drug-likeness (QED) is 0.367. The van der Waals surface area contributed by atoms with Gasteiger partial charge in [0, 0.05) is 31.3 Å². The van der Waals surface area contributed by atoms with E-state index in [0.29, 0.717) is 31.9 Å². The molecule has 3 aromatic rings. The Morgan fingerprint density at radius 2 is 2.00 bits per heavy atom. The molecule has 1 saturated heterocycles. The van der Waals surface area contributed by atoms with Crippen molar-refractivity contribution in [3.63, 3.8) is 0 Å². The highest BCUT2D eigenvalue weighted by Crippen LogP contribution is 2.25. The van der Waals surface area contributed by atoms with Crippen molar-refractivity contribution in [2.75, 3.05) is 30.3 Å². The first kappa shape index (κ1) is 25.9. The first-order valence-electron chi connectivity index (χ1n) is 10.5. The van der Waals surface area contributed by atoms with Gasteiger partial charge in [-0.3, -0.25) is 0 Å². The lowest BCUT2D eigenvalue weighted by atomic mass is 9.89. The van der Waals surface area contributed by atoms with Gasteiger partial charge in [-0.2, -0.15) is 9.61 Å². The van der Waals surface area contributed by atoms with Gasteiger partial charge in [-0.1, -0.05) is 51.6 Å². The summed E-state index contributed by atoms with van der Waals surface area (Å²) in [6, 6.07) is 12.1. The van der Waals surface area contributed by atoms with Gasteiger partial charge in [-0.15, -0.1) is 12.4 Å². The molecule has 0 unspecified atom stereocenters. The third-order valence-electron chi connectivity index (χ3n) is 5.71. The summed E-state index contributed by atoms with van der Waals surface area (Å²) >= 11 is 0. The van der Waals surface area contributed by atoms with Crippen LogP contribution in [0.15, 0.2) is 42.6 Å². The fourth-order valence-corrected chi connectivity index (χ4v) is 3.74. The second-order valence-electron chi connectivity index (χ2n) is 8.28. The molecule has 5 N–H and O–H groups in total. The number of aliphatic hydroxyl groups is 2. The van der Waals surface area contributed by atoms with Gasteiger partial charge in [0.1, 0.15) is 17.2 Å². The van der Waals surface area contributed by atoms with Crippen molar-refractivity contribution < 1.29 is 10.2 Å². The Hall–Kier alpha value is -2.39. The topological polar surface area (TPSA) is 107 Å². The lowest BCUT2D eigenvalue weighted by Crippen LogP contribution is -2.57. The molecule has 0 aliphatic carbocycles. The summed E-state index contributed by atoms with van der Waals surface area (Å²) in [5.41, 5.74) is 1.82. The SMILES string of the molecule is C.CC(C)c1cnn2c(NCc3ccccc3)cc(NC[C@]3(O)CCNC[C@H]3O)nc12.Cl. The average molecular weight is 463 g/mol. The molecule has 9 heteroatoms. The Balaban J connectivity index is 0.00000181. The molecule has 2 aromatic heterocycles. The monoisotopic (exact) mass is 462 g/mol. The summed E-state index contributed by atoms with van der Waals surface area (Å²) < 4.78 is 1.82. The first-order valence-corrected chi connectivity index (χ1v) is 10.5. The summed E-state index contributed by atoms with van der Waals surface area (Å²) in [4.78, 5) is 4.75. The Morgan fingerprint density at radius 3 is 2.69 bits per heavy atom. The number of fused-ring (bicyclic) bond motifs is 1. The highest BCUT2D eigenvalue weighted by Gasteiger charge is 2.37.